The van der Waals surface area contributed by atoms with Crippen molar-refractivity contribution < 1.29 is 47.8 Å². The van der Waals surface area contributed by atoms with Crippen molar-refractivity contribution in [1.82, 2.24) is 5.32 Å². The topological polar surface area (TPSA) is 169 Å². The standard InChI is InChI=1S/C49H90NO10P/c1-3-5-7-9-11-13-15-17-19-20-21-22-23-24-25-26-27-29-31-33-35-37-39-41-48(53)58-42-45(51)43-59-61(56,57)60-44-46(49(54)55)50-47(52)40-38-36-34-32-30-28-18-16-14-12-10-8-6-4-2/h10,12,16-19,45-46,51H,3-9,11,13-15,20-44H2,1-2H3,(H,50,52)(H,54,55)(H,56,57)/b12-10-,18-16-,19-17+. The molecule has 0 saturated heterocycles. The van der Waals surface area contributed by atoms with Crippen LogP contribution in [0.5, 0.6) is 0 Å². The number of phosphoric ester groups is 1. The van der Waals surface area contributed by atoms with Crippen LogP contribution in [-0.2, 0) is 32.7 Å². The zero-order chi connectivity index (χ0) is 44.9. The molecule has 61 heavy (non-hydrogen) atoms. The summed E-state index contributed by atoms with van der Waals surface area (Å²) in [7, 11) is -4.76. The molecule has 356 valence electrons. The molecule has 0 aromatic heterocycles. The molecular weight excluding hydrogens is 794 g/mol. The minimum absolute atomic E-state index is 0.130. The number of carboxylic acids is 1. The lowest BCUT2D eigenvalue weighted by Crippen LogP contribution is -2.43. The molecule has 0 bridgehead atoms. The maximum absolute atomic E-state index is 12.3. The van der Waals surface area contributed by atoms with Crippen molar-refractivity contribution in [3.63, 3.8) is 0 Å². The molecular formula is C49H90NO10P. The summed E-state index contributed by atoms with van der Waals surface area (Å²) in [4.78, 5) is 46.0. The Morgan fingerprint density at radius 2 is 0.918 bits per heavy atom. The third kappa shape index (κ3) is 44.1. The quantitative estimate of drug-likeness (QED) is 0.0200. The first kappa shape index (κ1) is 58.7. The lowest BCUT2D eigenvalue weighted by atomic mass is 10.0. The lowest BCUT2D eigenvalue weighted by molar-refractivity contribution is -0.147. The zero-order valence-corrected chi connectivity index (χ0v) is 39.6. The number of nitrogens with one attached hydrogen (secondary N) is 1. The largest absolute Gasteiger partial charge is 0.480 e. The summed E-state index contributed by atoms with van der Waals surface area (Å²) in [5, 5.41) is 21.9. The number of hydrogen-bond donors (Lipinski definition) is 4. The summed E-state index contributed by atoms with van der Waals surface area (Å²) in [6.45, 7) is 2.56. The molecule has 0 rings (SSSR count). The van der Waals surface area contributed by atoms with E-state index in [0.717, 1.165) is 64.2 Å². The first-order valence-corrected chi connectivity index (χ1v) is 26.0. The molecule has 0 aliphatic rings. The minimum atomic E-state index is -4.76. The van der Waals surface area contributed by atoms with Crippen LogP contribution in [0.3, 0.4) is 0 Å². The van der Waals surface area contributed by atoms with E-state index in [1.807, 2.05) is 0 Å². The number of esters is 1. The van der Waals surface area contributed by atoms with Gasteiger partial charge in [0.15, 0.2) is 6.04 Å². The highest BCUT2D eigenvalue weighted by Crippen LogP contribution is 2.43. The van der Waals surface area contributed by atoms with Gasteiger partial charge in [0.2, 0.25) is 5.91 Å². The number of aliphatic hydroxyl groups is 1. The van der Waals surface area contributed by atoms with Crippen LogP contribution in [0.1, 0.15) is 226 Å². The van der Waals surface area contributed by atoms with Crippen molar-refractivity contribution >= 4 is 25.7 Å². The molecule has 4 N–H and O–H groups in total. The smallest absolute Gasteiger partial charge is 0.472 e. The fourth-order valence-corrected chi connectivity index (χ4v) is 7.57. The van der Waals surface area contributed by atoms with Crippen LogP contribution in [0.15, 0.2) is 36.5 Å². The Bertz CT molecular complexity index is 1180. The van der Waals surface area contributed by atoms with Crippen LogP contribution in [0, 0.1) is 0 Å². The van der Waals surface area contributed by atoms with E-state index in [2.05, 4.69) is 55.6 Å². The van der Waals surface area contributed by atoms with Gasteiger partial charge >= 0.3 is 19.8 Å². The molecule has 0 spiro atoms. The maximum Gasteiger partial charge on any atom is 0.472 e. The van der Waals surface area contributed by atoms with Crippen LogP contribution >= 0.6 is 7.82 Å². The number of aliphatic hydroxyl groups excluding tert-OH is 1. The summed E-state index contributed by atoms with van der Waals surface area (Å²) in [6, 6.07) is -1.55. The van der Waals surface area contributed by atoms with E-state index in [4.69, 9.17) is 13.8 Å². The molecule has 11 nitrogen and oxygen atoms in total. The fraction of sp³-hybridized carbons (Fsp3) is 0.816. The molecule has 3 unspecified atom stereocenters. The number of unbranched alkanes of at least 4 members (excludes halogenated alkanes) is 26. The zero-order valence-electron chi connectivity index (χ0n) is 38.7. The Morgan fingerprint density at radius 1 is 0.525 bits per heavy atom. The monoisotopic (exact) mass is 884 g/mol. The number of phosphoric acid groups is 1. The molecule has 0 aromatic carbocycles. The second-order valence-electron chi connectivity index (χ2n) is 16.6. The first-order chi connectivity index (χ1) is 29.6. The summed E-state index contributed by atoms with van der Waals surface area (Å²) in [6.07, 6.45) is 48.9. The van der Waals surface area contributed by atoms with E-state index in [1.54, 1.807) is 0 Å². The second-order valence-corrected chi connectivity index (χ2v) is 18.1. The number of ether oxygens (including phenoxy) is 1. The van der Waals surface area contributed by atoms with E-state index >= 15 is 0 Å². The van der Waals surface area contributed by atoms with Crippen LogP contribution in [-0.4, -0.2) is 64.9 Å². The molecule has 0 radical (unpaired) electrons. The number of aliphatic carboxylic acids is 1. The lowest BCUT2D eigenvalue weighted by Gasteiger charge is -2.18. The molecule has 12 heteroatoms. The van der Waals surface area contributed by atoms with Crippen molar-refractivity contribution in [2.45, 2.75) is 238 Å². The maximum atomic E-state index is 12.3. The number of carboxylic acid groups (broad SMARTS) is 1. The van der Waals surface area contributed by atoms with Gasteiger partial charge in [-0.3, -0.25) is 18.6 Å². The van der Waals surface area contributed by atoms with Gasteiger partial charge in [0.05, 0.1) is 13.2 Å². The summed E-state index contributed by atoms with van der Waals surface area (Å²) in [5.74, 6) is -2.39. The summed E-state index contributed by atoms with van der Waals surface area (Å²) < 4.78 is 26.9. The van der Waals surface area contributed by atoms with Gasteiger partial charge in [0.25, 0.3) is 0 Å². The highest BCUT2D eigenvalue weighted by atomic mass is 31.2. The number of rotatable bonds is 46. The summed E-state index contributed by atoms with van der Waals surface area (Å²) in [5.41, 5.74) is 0. The minimum Gasteiger partial charge on any atom is -0.480 e. The molecule has 0 saturated carbocycles. The Kier molecular flexibility index (Phi) is 42.6. The van der Waals surface area contributed by atoms with E-state index in [0.29, 0.717) is 12.8 Å². The number of hydrogen-bond acceptors (Lipinski definition) is 8. The van der Waals surface area contributed by atoms with Gasteiger partial charge in [0.1, 0.15) is 12.7 Å². The van der Waals surface area contributed by atoms with Gasteiger partial charge < -0.3 is 25.2 Å². The molecule has 0 aromatic rings. The van der Waals surface area contributed by atoms with Gasteiger partial charge in [-0.05, 0) is 64.2 Å². The summed E-state index contributed by atoms with van der Waals surface area (Å²) >= 11 is 0. The van der Waals surface area contributed by atoms with Crippen LogP contribution in [0.25, 0.3) is 0 Å². The van der Waals surface area contributed by atoms with Crippen LogP contribution in [0.4, 0.5) is 0 Å². The fourth-order valence-electron chi connectivity index (χ4n) is 6.80. The van der Waals surface area contributed by atoms with Crippen LogP contribution in [0.2, 0.25) is 0 Å². The number of carbonyl (C=O) groups excluding carboxylic acids is 2. The van der Waals surface area contributed by atoms with Crippen molar-refractivity contribution in [3.05, 3.63) is 36.5 Å². The van der Waals surface area contributed by atoms with Gasteiger partial charge in [0, 0.05) is 12.8 Å². The first-order valence-electron chi connectivity index (χ1n) is 24.5. The van der Waals surface area contributed by atoms with Gasteiger partial charge in [-0.15, -0.1) is 0 Å². The SMILES string of the molecule is CCCC/C=C\C/C=C\CCCCCCCC(=O)NC(COP(=O)(O)OCC(O)COC(=O)CCCCCCCCCCCCCCC/C=C/CCCCCCCC)C(=O)O. The van der Waals surface area contributed by atoms with Gasteiger partial charge in [-0.2, -0.15) is 0 Å². The van der Waals surface area contributed by atoms with E-state index in [-0.39, 0.29) is 12.8 Å². The Labute approximate surface area is 371 Å². The molecule has 0 aliphatic carbocycles. The highest BCUT2D eigenvalue weighted by molar-refractivity contribution is 7.47. The van der Waals surface area contributed by atoms with E-state index in [1.165, 1.54) is 122 Å². The van der Waals surface area contributed by atoms with Gasteiger partial charge in [-0.1, -0.05) is 185 Å². The third-order valence-electron chi connectivity index (χ3n) is 10.7. The van der Waals surface area contributed by atoms with Crippen LogP contribution < -0.4 is 5.32 Å². The number of carbonyl (C=O) groups is 3. The highest BCUT2D eigenvalue weighted by Gasteiger charge is 2.28. The average molecular weight is 884 g/mol. The molecule has 3 atom stereocenters. The predicted molar refractivity (Wildman–Crippen MR) is 249 cm³/mol. The molecule has 0 fully saturated rings. The normalized spacial score (nSPS) is 13.9. The third-order valence-corrected chi connectivity index (χ3v) is 11.6. The van der Waals surface area contributed by atoms with E-state index < -0.39 is 57.6 Å². The van der Waals surface area contributed by atoms with Crippen molar-refractivity contribution in [3.8, 4) is 0 Å². The Morgan fingerprint density at radius 3 is 1.39 bits per heavy atom. The Hall–Kier alpha value is -2.30. The Balaban J connectivity index is 3.80. The predicted octanol–water partition coefficient (Wildman–Crippen LogP) is 13.2. The van der Waals surface area contributed by atoms with Crippen molar-refractivity contribution in [2.75, 3.05) is 19.8 Å². The number of allylic oxidation sites excluding steroid dienone is 6. The van der Waals surface area contributed by atoms with Gasteiger partial charge in [-0.25, -0.2) is 9.36 Å². The average Bonchev–Trinajstić information content (AvgIpc) is 3.24. The second kappa shape index (κ2) is 44.3. The molecule has 0 heterocycles. The molecule has 1 amide bonds. The van der Waals surface area contributed by atoms with Crippen molar-refractivity contribution in [2.24, 2.45) is 0 Å². The van der Waals surface area contributed by atoms with E-state index in [9.17, 15) is 34.1 Å². The number of amides is 1. The molecule has 0 aliphatic heterocycles. The van der Waals surface area contributed by atoms with Crippen molar-refractivity contribution in [1.29, 1.82) is 0 Å².